The summed E-state index contributed by atoms with van der Waals surface area (Å²) in [5, 5.41) is 6.28. The van der Waals surface area contributed by atoms with E-state index >= 15 is 0 Å². The van der Waals surface area contributed by atoms with Crippen molar-refractivity contribution in [3.63, 3.8) is 0 Å². The monoisotopic (exact) mass is 427 g/mol. The summed E-state index contributed by atoms with van der Waals surface area (Å²) in [5.41, 5.74) is -2.25. The molecule has 3 aromatic rings. The molecule has 22 heavy (non-hydrogen) atoms. The predicted molar refractivity (Wildman–Crippen MR) is 91.9 cm³/mol. The van der Waals surface area contributed by atoms with Crippen LogP contribution >= 0.6 is 21.8 Å². The molecule has 112 valence electrons. The molecule has 7 heteroatoms. The first-order valence-corrected chi connectivity index (χ1v) is 11.9. The predicted octanol–water partition coefficient (Wildman–Crippen LogP) is 2.29. The third-order valence-electron chi connectivity index (χ3n) is 3.45. The highest BCUT2D eigenvalue weighted by molar-refractivity contribution is 14.1. The van der Waals surface area contributed by atoms with Crippen LogP contribution in [-0.2, 0) is 6.17 Å². The lowest BCUT2D eigenvalue weighted by molar-refractivity contribution is 0.628. The molecule has 0 atom stereocenters. The average Bonchev–Trinajstić information content (AvgIpc) is 3.01. The van der Waals surface area contributed by atoms with Gasteiger partial charge in [0.2, 0.25) is 5.57 Å². The van der Waals surface area contributed by atoms with Crippen molar-refractivity contribution in [3.05, 3.63) is 72.8 Å². The van der Waals surface area contributed by atoms with Crippen molar-refractivity contribution < 1.29 is 8.78 Å². The summed E-state index contributed by atoms with van der Waals surface area (Å²) in [5.74, 6) is -0.535. The van der Waals surface area contributed by atoms with E-state index < -0.39 is 5.57 Å². The number of nitrogens with zero attached hydrogens (tertiary/aromatic N) is 3. The highest BCUT2D eigenvalue weighted by Crippen LogP contribution is 2.17. The molecule has 0 unspecified atom stereocenters. The minimum Gasteiger partial charge on any atom is -0.254 e. The fraction of sp³-hybridized carbons (Fsp3) is 0.0667. The molecule has 0 aliphatic heterocycles. The fourth-order valence-corrected chi connectivity index (χ4v) is 8.22. The van der Waals surface area contributed by atoms with Crippen LogP contribution in [0, 0.1) is 11.6 Å². The van der Waals surface area contributed by atoms with Gasteiger partial charge in [0.1, 0.15) is 24.3 Å². The number of benzene rings is 2. The van der Waals surface area contributed by atoms with Crippen molar-refractivity contribution in [2.45, 2.75) is 6.17 Å². The van der Waals surface area contributed by atoms with Crippen LogP contribution in [0.3, 0.4) is 0 Å². The maximum Gasteiger partial charge on any atom is 0.207 e. The van der Waals surface area contributed by atoms with E-state index in [9.17, 15) is 8.78 Å². The van der Waals surface area contributed by atoms with Gasteiger partial charge in [0.25, 0.3) is 0 Å². The largest absolute Gasteiger partial charge is 0.254 e. The Kier molecular flexibility index (Phi) is 4.34. The molecule has 0 N–H and O–H groups in total. The molecule has 0 saturated carbocycles. The summed E-state index contributed by atoms with van der Waals surface area (Å²) in [6.45, 7) is 0. The molecule has 0 spiro atoms. The van der Waals surface area contributed by atoms with E-state index in [1.807, 2.05) is 0 Å². The van der Waals surface area contributed by atoms with Gasteiger partial charge in [0, 0.05) is 0 Å². The molecule has 0 bridgehead atoms. The molecule has 0 aliphatic carbocycles. The minimum atomic E-state index is -2.25. The van der Waals surface area contributed by atoms with Gasteiger partial charge < -0.3 is 0 Å². The van der Waals surface area contributed by atoms with Gasteiger partial charge in [-0.15, -0.1) is 21.8 Å². The molecular formula is C15H12F2IN3Si. The molecule has 0 saturated heterocycles. The van der Waals surface area contributed by atoms with Gasteiger partial charge in [0.15, 0.2) is 0 Å². The number of aromatic nitrogens is 3. The van der Waals surface area contributed by atoms with Gasteiger partial charge in [-0.2, -0.15) is 5.10 Å². The molecule has 1 aromatic heterocycles. The summed E-state index contributed by atoms with van der Waals surface area (Å²) in [7, 11) is 0. The lowest BCUT2D eigenvalue weighted by atomic mass is 10.3. The molecule has 3 nitrogen and oxygen atoms in total. The maximum absolute atomic E-state index is 13.2. The van der Waals surface area contributed by atoms with Crippen LogP contribution in [0.5, 0.6) is 0 Å². The molecular weight excluding hydrogens is 415 g/mol. The first kappa shape index (κ1) is 15.3. The highest BCUT2D eigenvalue weighted by atomic mass is 127. The van der Waals surface area contributed by atoms with Gasteiger partial charge in [-0.25, -0.2) is 13.8 Å². The molecule has 2 aromatic carbocycles. The van der Waals surface area contributed by atoms with E-state index in [4.69, 9.17) is 0 Å². The Morgan fingerprint density at radius 2 is 1.41 bits per heavy atom. The van der Waals surface area contributed by atoms with E-state index in [0.717, 1.165) is 10.4 Å². The Morgan fingerprint density at radius 1 is 0.909 bits per heavy atom. The normalized spacial score (nSPS) is 11.6. The third-order valence-corrected chi connectivity index (χ3v) is 11.5. The van der Waals surface area contributed by atoms with Gasteiger partial charge in [-0.1, -0.05) is 24.3 Å². The van der Waals surface area contributed by atoms with E-state index in [1.165, 1.54) is 30.6 Å². The minimum absolute atomic E-state index is 0.267. The van der Waals surface area contributed by atoms with Crippen LogP contribution in [0.2, 0.25) is 0 Å². The number of halogens is 3. The van der Waals surface area contributed by atoms with Crippen molar-refractivity contribution in [3.8, 4) is 0 Å². The zero-order chi connectivity index (χ0) is 15.6. The number of rotatable bonds is 4. The van der Waals surface area contributed by atoms with E-state index in [1.54, 1.807) is 35.3 Å². The van der Waals surface area contributed by atoms with Crippen LogP contribution in [0.1, 0.15) is 0 Å². The van der Waals surface area contributed by atoms with E-state index in [0.29, 0.717) is 6.17 Å². The van der Waals surface area contributed by atoms with Crippen molar-refractivity contribution in [1.82, 2.24) is 14.8 Å². The Labute approximate surface area is 140 Å². The highest BCUT2D eigenvalue weighted by Gasteiger charge is 2.35. The summed E-state index contributed by atoms with van der Waals surface area (Å²) in [4.78, 5) is 3.97. The number of hydrogen-bond acceptors (Lipinski definition) is 2. The van der Waals surface area contributed by atoms with Crippen molar-refractivity contribution in [1.29, 1.82) is 0 Å². The van der Waals surface area contributed by atoms with Crippen molar-refractivity contribution in [2.75, 3.05) is 0 Å². The van der Waals surface area contributed by atoms with Crippen LogP contribution in [-0.4, -0.2) is 20.3 Å². The Hall–Kier alpha value is -1.61. The van der Waals surface area contributed by atoms with Crippen LogP contribution < -0.4 is 10.4 Å². The molecule has 0 radical (unpaired) electrons. The van der Waals surface area contributed by atoms with Crippen molar-refractivity contribution in [2.24, 2.45) is 0 Å². The SMILES string of the molecule is Fc1ccc([Si](I)(Cn2cncn2)c2ccc(F)cc2)cc1. The topological polar surface area (TPSA) is 30.7 Å². The summed E-state index contributed by atoms with van der Waals surface area (Å²) >= 11 is 2.44. The Balaban J connectivity index is 2.08. The molecule has 1 heterocycles. The van der Waals surface area contributed by atoms with Gasteiger partial charge >= 0.3 is 0 Å². The van der Waals surface area contributed by atoms with Gasteiger partial charge in [-0.05, 0) is 34.6 Å². The lowest BCUT2D eigenvalue weighted by Gasteiger charge is -2.26. The molecule has 0 amide bonds. The summed E-state index contributed by atoms with van der Waals surface area (Å²) in [6, 6.07) is 13.0. The van der Waals surface area contributed by atoms with Crippen LogP contribution in [0.25, 0.3) is 0 Å². The second-order valence-electron chi connectivity index (χ2n) is 4.91. The standard InChI is InChI=1S/C15H12F2IN3Si/c16-12-1-5-14(6-2-12)22(18,11-21-10-19-9-20-21)15-7-3-13(17)4-8-15/h1-10H,11H2. The zero-order valence-electron chi connectivity index (χ0n) is 11.5. The van der Waals surface area contributed by atoms with Crippen LogP contribution in [0.4, 0.5) is 8.78 Å². The second-order valence-corrected chi connectivity index (χ2v) is 13.5. The average molecular weight is 427 g/mol. The third kappa shape index (κ3) is 3.09. The second kappa shape index (κ2) is 6.25. The van der Waals surface area contributed by atoms with Gasteiger partial charge in [0.05, 0.1) is 6.17 Å². The summed E-state index contributed by atoms with van der Waals surface area (Å²) < 4.78 is 28.3. The first-order chi connectivity index (χ1) is 10.6. The van der Waals surface area contributed by atoms with Gasteiger partial charge in [-0.3, -0.25) is 4.68 Å². The van der Waals surface area contributed by atoms with E-state index in [-0.39, 0.29) is 11.6 Å². The molecule has 0 aliphatic rings. The molecule has 0 fully saturated rings. The lowest BCUT2D eigenvalue weighted by Crippen LogP contribution is -2.56. The Bertz CT molecular complexity index is 700. The smallest absolute Gasteiger partial charge is 0.207 e. The number of hydrogen-bond donors (Lipinski definition) is 0. The zero-order valence-corrected chi connectivity index (χ0v) is 14.6. The summed E-state index contributed by atoms with van der Waals surface area (Å²) in [6.07, 6.45) is 3.79. The maximum atomic E-state index is 13.2. The van der Waals surface area contributed by atoms with Crippen molar-refractivity contribution >= 4 is 37.7 Å². The first-order valence-electron chi connectivity index (χ1n) is 6.61. The fourth-order valence-electron chi connectivity index (χ4n) is 2.31. The quantitative estimate of drug-likeness (QED) is 0.364. The molecule has 3 rings (SSSR count). The van der Waals surface area contributed by atoms with E-state index in [2.05, 4.69) is 31.9 Å². The van der Waals surface area contributed by atoms with Crippen LogP contribution in [0.15, 0.2) is 61.2 Å². The Morgan fingerprint density at radius 3 is 1.82 bits per heavy atom.